The summed E-state index contributed by atoms with van der Waals surface area (Å²) in [6.45, 7) is 4.28. The highest BCUT2D eigenvalue weighted by Gasteiger charge is 2.14. The smallest absolute Gasteiger partial charge is 0.0214 e. The van der Waals surface area contributed by atoms with Gasteiger partial charge in [0.2, 0.25) is 0 Å². The second-order valence-corrected chi connectivity index (χ2v) is 5.68. The maximum Gasteiger partial charge on any atom is 0.0214 e. The molecular formula is C20H23N. The van der Waals surface area contributed by atoms with Crippen molar-refractivity contribution in [2.75, 3.05) is 6.54 Å². The Hall–Kier alpha value is -1.86. The topological polar surface area (TPSA) is 12.0 Å². The molecular weight excluding hydrogens is 254 g/mol. The van der Waals surface area contributed by atoms with E-state index in [1.54, 1.807) is 0 Å². The molecule has 0 radical (unpaired) electrons. The Morgan fingerprint density at radius 3 is 2.62 bits per heavy atom. The molecule has 0 spiro atoms. The summed E-state index contributed by atoms with van der Waals surface area (Å²) in [4.78, 5) is 0. The van der Waals surface area contributed by atoms with E-state index in [2.05, 4.69) is 72.9 Å². The fourth-order valence-electron chi connectivity index (χ4n) is 3.02. The highest BCUT2D eigenvalue weighted by molar-refractivity contribution is 5.87. The summed E-state index contributed by atoms with van der Waals surface area (Å²) in [6, 6.07) is 13.3. The van der Waals surface area contributed by atoms with Crippen LogP contribution in [0.1, 0.15) is 36.8 Å². The number of nitrogens with one attached hydrogen (secondary N) is 1. The third-order valence-electron chi connectivity index (χ3n) is 4.19. The molecule has 1 aliphatic carbocycles. The van der Waals surface area contributed by atoms with Crippen molar-refractivity contribution >= 4 is 10.8 Å². The van der Waals surface area contributed by atoms with Crippen LogP contribution in [0.2, 0.25) is 0 Å². The summed E-state index contributed by atoms with van der Waals surface area (Å²) < 4.78 is 0. The second-order valence-electron chi connectivity index (χ2n) is 5.68. The van der Waals surface area contributed by atoms with Gasteiger partial charge in [-0.05, 0) is 34.9 Å². The van der Waals surface area contributed by atoms with Gasteiger partial charge in [-0.1, -0.05) is 74.0 Å². The van der Waals surface area contributed by atoms with Gasteiger partial charge >= 0.3 is 0 Å². The number of hydrogen-bond donors (Lipinski definition) is 1. The monoisotopic (exact) mass is 277 g/mol. The Morgan fingerprint density at radius 1 is 1.00 bits per heavy atom. The molecule has 0 amide bonds. The maximum atomic E-state index is 3.61. The first-order valence-electron chi connectivity index (χ1n) is 7.96. The van der Waals surface area contributed by atoms with E-state index < -0.39 is 0 Å². The molecule has 0 saturated heterocycles. The summed E-state index contributed by atoms with van der Waals surface area (Å²) >= 11 is 0. The van der Waals surface area contributed by atoms with E-state index in [4.69, 9.17) is 0 Å². The van der Waals surface area contributed by atoms with Gasteiger partial charge in [-0.15, -0.1) is 0 Å². The van der Waals surface area contributed by atoms with E-state index in [0.717, 1.165) is 13.1 Å². The van der Waals surface area contributed by atoms with Crippen LogP contribution < -0.4 is 5.32 Å². The van der Waals surface area contributed by atoms with Crippen LogP contribution in [0.15, 0.2) is 60.7 Å². The number of unbranched alkanes of at least 4 members (excludes halogenated alkanes) is 1. The molecule has 1 N–H and O–H groups in total. The van der Waals surface area contributed by atoms with Crippen LogP contribution in [-0.4, -0.2) is 6.54 Å². The van der Waals surface area contributed by atoms with Crippen LogP contribution in [0.25, 0.3) is 10.8 Å². The zero-order valence-electron chi connectivity index (χ0n) is 12.7. The van der Waals surface area contributed by atoms with Gasteiger partial charge < -0.3 is 5.32 Å². The average Bonchev–Trinajstić information content (AvgIpc) is 3.05. The first-order chi connectivity index (χ1) is 10.4. The lowest BCUT2D eigenvalue weighted by Gasteiger charge is -2.17. The fourth-order valence-corrected chi connectivity index (χ4v) is 3.02. The van der Waals surface area contributed by atoms with Crippen LogP contribution in [0.5, 0.6) is 0 Å². The van der Waals surface area contributed by atoms with Gasteiger partial charge in [0.05, 0.1) is 0 Å². The molecule has 0 saturated carbocycles. The summed E-state index contributed by atoms with van der Waals surface area (Å²) in [7, 11) is 0. The first-order valence-corrected chi connectivity index (χ1v) is 7.96. The molecule has 2 aromatic carbocycles. The lowest BCUT2D eigenvalue weighted by molar-refractivity contribution is 0.640. The highest BCUT2D eigenvalue weighted by atomic mass is 14.8. The van der Waals surface area contributed by atoms with Gasteiger partial charge in [0, 0.05) is 12.5 Å². The number of rotatable bonds is 6. The molecule has 0 atom stereocenters. The minimum atomic E-state index is 0.428. The zero-order valence-corrected chi connectivity index (χ0v) is 12.7. The fraction of sp³-hybridized carbons (Fsp3) is 0.300. The maximum absolute atomic E-state index is 3.61. The molecule has 0 unspecified atom stereocenters. The number of allylic oxidation sites excluding steroid dienone is 4. The normalized spacial score (nSPS) is 14.3. The van der Waals surface area contributed by atoms with Gasteiger partial charge in [0.15, 0.2) is 0 Å². The second kappa shape index (κ2) is 6.73. The average molecular weight is 277 g/mol. The minimum Gasteiger partial charge on any atom is -0.313 e. The van der Waals surface area contributed by atoms with E-state index in [0.29, 0.717) is 5.92 Å². The summed E-state index contributed by atoms with van der Waals surface area (Å²) in [5.41, 5.74) is 2.88. The molecule has 0 aliphatic heterocycles. The van der Waals surface area contributed by atoms with Gasteiger partial charge in [0.1, 0.15) is 0 Å². The van der Waals surface area contributed by atoms with Crippen molar-refractivity contribution in [1.29, 1.82) is 0 Å². The molecule has 3 rings (SSSR count). The van der Waals surface area contributed by atoms with E-state index in [1.807, 2.05) is 0 Å². The van der Waals surface area contributed by atoms with Crippen molar-refractivity contribution in [2.24, 2.45) is 0 Å². The Labute approximate surface area is 127 Å². The van der Waals surface area contributed by atoms with Crippen LogP contribution in [0.3, 0.4) is 0 Å². The Bertz CT molecular complexity index is 655. The van der Waals surface area contributed by atoms with Crippen molar-refractivity contribution in [3.05, 3.63) is 71.8 Å². The molecule has 0 bridgehead atoms. The molecule has 2 aromatic rings. The van der Waals surface area contributed by atoms with E-state index in [-0.39, 0.29) is 0 Å². The Kier molecular flexibility index (Phi) is 4.52. The van der Waals surface area contributed by atoms with E-state index >= 15 is 0 Å². The van der Waals surface area contributed by atoms with Gasteiger partial charge in [-0.2, -0.15) is 0 Å². The van der Waals surface area contributed by atoms with Crippen molar-refractivity contribution < 1.29 is 0 Å². The molecule has 0 aromatic heterocycles. The lowest BCUT2D eigenvalue weighted by atomic mass is 9.91. The first kappa shape index (κ1) is 14.1. The number of benzene rings is 2. The van der Waals surface area contributed by atoms with Crippen LogP contribution in [-0.2, 0) is 6.54 Å². The van der Waals surface area contributed by atoms with Crippen molar-refractivity contribution in [2.45, 2.75) is 32.2 Å². The number of hydrogen-bond acceptors (Lipinski definition) is 1. The quantitative estimate of drug-likeness (QED) is 0.737. The molecule has 0 fully saturated rings. The standard InChI is InChI=1S/C20H23N/c1-2-3-14-21-15-20-18-11-7-6-10-17(18)12-13-19(20)16-8-4-5-9-16/h4-13,16,21H,2-3,14-15H2,1H3. The van der Waals surface area contributed by atoms with E-state index in [9.17, 15) is 0 Å². The van der Waals surface area contributed by atoms with Gasteiger partial charge in [-0.3, -0.25) is 0 Å². The minimum absolute atomic E-state index is 0.428. The van der Waals surface area contributed by atoms with Gasteiger partial charge in [0.25, 0.3) is 0 Å². The summed E-state index contributed by atoms with van der Waals surface area (Å²) in [6.07, 6.45) is 11.3. The van der Waals surface area contributed by atoms with E-state index in [1.165, 1.54) is 34.7 Å². The molecule has 21 heavy (non-hydrogen) atoms. The summed E-state index contributed by atoms with van der Waals surface area (Å²) in [5.74, 6) is 0.428. The predicted octanol–water partition coefficient (Wildman–Crippen LogP) is 4.94. The number of fused-ring (bicyclic) bond motifs is 1. The molecule has 0 heterocycles. The largest absolute Gasteiger partial charge is 0.313 e. The highest BCUT2D eigenvalue weighted by Crippen LogP contribution is 2.31. The van der Waals surface area contributed by atoms with Crippen LogP contribution in [0, 0.1) is 0 Å². The third-order valence-corrected chi connectivity index (χ3v) is 4.19. The van der Waals surface area contributed by atoms with Crippen LogP contribution >= 0.6 is 0 Å². The van der Waals surface area contributed by atoms with Gasteiger partial charge in [-0.25, -0.2) is 0 Å². The summed E-state index contributed by atoms with van der Waals surface area (Å²) in [5, 5.41) is 6.33. The molecule has 1 nitrogen and oxygen atoms in total. The predicted molar refractivity (Wildman–Crippen MR) is 91.6 cm³/mol. The lowest BCUT2D eigenvalue weighted by Crippen LogP contribution is -2.16. The molecule has 108 valence electrons. The molecule has 1 aliphatic rings. The van der Waals surface area contributed by atoms with Crippen LogP contribution in [0.4, 0.5) is 0 Å². The third kappa shape index (κ3) is 3.08. The zero-order chi connectivity index (χ0) is 14.5. The van der Waals surface area contributed by atoms with Crippen molar-refractivity contribution in [3.63, 3.8) is 0 Å². The van der Waals surface area contributed by atoms with Crippen molar-refractivity contribution in [3.8, 4) is 0 Å². The van der Waals surface area contributed by atoms with Crippen molar-refractivity contribution in [1.82, 2.24) is 5.32 Å². The Balaban J connectivity index is 1.96. The molecule has 1 heteroatoms. The Morgan fingerprint density at radius 2 is 1.81 bits per heavy atom. The SMILES string of the molecule is CCCCNCc1c(C2C=CC=C2)ccc2ccccc12.